The Bertz CT molecular complexity index is 1550. The minimum atomic E-state index is -0.500. The Balaban J connectivity index is 1.34. The molecule has 0 radical (unpaired) electrons. The quantitative estimate of drug-likeness (QED) is 0.152. The van der Waals surface area contributed by atoms with Gasteiger partial charge in [0.05, 0.1) is 5.69 Å². The average molecular weight is 645 g/mol. The largest absolute Gasteiger partial charge is 0.478 e. The van der Waals surface area contributed by atoms with Gasteiger partial charge >= 0.3 is 6.09 Å². The predicted molar refractivity (Wildman–Crippen MR) is 183 cm³/mol. The van der Waals surface area contributed by atoms with E-state index in [0.29, 0.717) is 30.8 Å². The third-order valence-corrected chi connectivity index (χ3v) is 8.39. The second kappa shape index (κ2) is 15.1. The second-order valence-electron chi connectivity index (χ2n) is 12.7. The lowest BCUT2D eigenvalue weighted by Gasteiger charge is -2.33. The van der Waals surface area contributed by atoms with E-state index in [-0.39, 0.29) is 6.09 Å². The smallest absolute Gasteiger partial charge is 0.410 e. The summed E-state index contributed by atoms with van der Waals surface area (Å²) < 4.78 is 19.8. The van der Waals surface area contributed by atoms with Crippen molar-refractivity contribution in [2.45, 2.75) is 59.5 Å². The van der Waals surface area contributed by atoms with Gasteiger partial charge in [0.25, 0.3) is 0 Å². The van der Waals surface area contributed by atoms with Crippen LogP contribution in [0.15, 0.2) is 79.0 Å². The van der Waals surface area contributed by atoms with Crippen LogP contribution >= 0.6 is 11.6 Å². The number of benzene rings is 3. The number of halogens is 1. The number of imidazole rings is 1. The van der Waals surface area contributed by atoms with Gasteiger partial charge in [0, 0.05) is 42.0 Å². The lowest BCUT2D eigenvalue weighted by Crippen LogP contribution is -2.42. The number of hydrogen-bond donors (Lipinski definition) is 0. The second-order valence-corrected chi connectivity index (χ2v) is 13.1. The van der Waals surface area contributed by atoms with Crippen molar-refractivity contribution in [1.82, 2.24) is 19.4 Å². The highest BCUT2D eigenvalue weighted by molar-refractivity contribution is 6.30. The zero-order valence-corrected chi connectivity index (χ0v) is 28.3. The van der Waals surface area contributed by atoms with E-state index in [1.165, 1.54) is 0 Å². The standard InChI is InChI=1S/C37H45ClN4O4/c1-6-40(7-2)26-44-31-14-8-28(9-15-31)34-25-42(30-12-18-33(19-13-30)45-32-16-10-29(38)11-17-32)35(39-34)24-27-20-22-41(23-21-27)36(43)46-37(3,4)5/h8-19,25,27H,6-7,20-24,26H2,1-5H3. The van der Waals surface area contributed by atoms with Crippen molar-refractivity contribution in [2.24, 2.45) is 5.92 Å². The van der Waals surface area contributed by atoms with Crippen molar-refractivity contribution in [3.05, 3.63) is 89.8 Å². The molecule has 0 aliphatic carbocycles. The number of carbonyl (C=O) groups is 1. The fourth-order valence-corrected chi connectivity index (χ4v) is 5.56. The van der Waals surface area contributed by atoms with Crippen LogP contribution in [0.4, 0.5) is 4.79 Å². The van der Waals surface area contributed by atoms with Crippen molar-refractivity contribution < 1.29 is 19.0 Å². The van der Waals surface area contributed by atoms with E-state index >= 15 is 0 Å². The molecule has 244 valence electrons. The number of ether oxygens (including phenoxy) is 3. The van der Waals surface area contributed by atoms with Gasteiger partial charge in [-0.05, 0) is 125 Å². The fourth-order valence-electron chi connectivity index (χ4n) is 5.44. The Hall–Kier alpha value is -4.01. The van der Waals surface area contributed by atoms with Gasteiger partial charge in [-0.1, -0.05) is 25.4 Å². The lowest BCUT2D eigenvalue weighted by atomic mass is 9.93. The van der Waals surface area contributed by atoms with Gasteiger partial charge in [0.2, 0.25) is 0 Å². The first-order valence-corrected chi connectivity index (χ1v) is 16.5. The van der Waals surface area contributed by atoms with Crippen LogP contribution in [0, 0.1) is 5.92 Å². The molecule has 2 heterocycles. The first-order valence-electron chi connectivity index (χ1n) is 16.2. The van der Waals surface area contributed by atoms with Gasteiger partial charge in [-0.3, -0.25) is 4.90 Å². The number of nitrogens with zero attached hydrogens (tertiary/aromatic N) is 4. The highest BCUT2D eigenvalue weighted by atomic mass is 35.5. The van der Waals surface area contributed by atoms with Gasteiger partial charge in [-0.25, -0.2) is 9.78 Å². The summed E-state index contributed by atoms with van der Waals surface area (Å²) in [6, 6.07) is 23.5. The van der Waals surface area contributed by atoms with Crippen LogP contribution < -0.4 is 9.47 Å². The Morgan fingerprint density at radius 2 is 1.48 bits per heavy atom. The van der Waals surface area contributed by atoms with Crippen molar-refractivity contribution in [2.75, 3.05) is 32.9 Å². The summed E-state index contributed by atoms with van der Waals surface area (Å²) in [6.07, 6.45) is 4.46. The van der Waals surface area contributed by atoms with Crippen LogP contribution in [0.3, 0.4) is 0 Å². The molecule has 0 spiro atoms. The van der Waals surface area contributed by atoms with E-state index in [4.69, 9.17) is 30.8 Å². The van der Waals surface area contributed by atoms with Crippen molar-refractivity contribution in [3.8, 4) is 34.2 Å². The zero-order chi connectivity index (χ0) is 32.7. The van der Waals surface area contributed by atoms with E-state index in [1.807, 2.05) is 74.2 Å². The number of piperidine rings is 1. The number of likely N-dealkylation sites (tertiary alicyclic amines) is 1. The van der Waals surface area contributed by atoms with Crippen LogP contribution in [0.25, 0.3) is 16.9 Å². The number of carbonyl (C=O) groups excluding carboxylic acids is 1. The molecule has 1 saturated heterocycles. The maximum absolute atomic E-state index is 12.6. The molecule has 1 fully saturated rings. The fraction of sp³-hybridized carbons (Fsp3) is 0.405. The normalized spacial score (nSPS) is 14.0. The molecule has 5 rings (SSSR count). The summed E-state index contributed by atoms with van der Waals surface area (Å²) in [4.78, 5) is 21.8. The highest BCUT2D eigenvalue weighted by Crippen LogP contribution is 2.30. The summed E-state index contributed by atoms with van der Waals surface area (Å²) in [6.45, 7) is 13.8. The minimum Gasteiger partial charge on any atom is -0.478 e. The first-order chi connectivity index (χ1) is 22.1. The summed E-state index contributed by atoms with van der Waals surface area (Å²) in [5.74, 6) is 3.69. The Morgan fingerprint density at radius 3 is 2.07 bits per heavy atom. The zero-order valence-electron chi connectivity index (χ0n) is 27.5. The molecular weight excluding hydrogens is 600 g/mol. The highest BCUT2D eigenvalue weighted by Gasteiger charge is 2.28. The maximum atomic E-state index is 12.6. The molecule has 0 saturated carbocycles. The topological polar surface area (TPSA) is 69.1 Å². The van der Waals surface area contributed by atoms with Crippen LogP contribution in [0.2, 0.25) is 5.02 Å². The minimum absolute atomic E-state index is 0.236. The van der Waals surface area contributed by atoms with E-state index in [1.54, 1.807) is 0 Å². The molecule has 46 heavy (non-hydrogen) atoms. The molecule has 0 unspecified atom stereocenters. The Morgan fingerprint density at radius 1 is 0.891 bits per heavy atom. The van der Waals surface area contributed by atoms with Crippen LogP contribution in [-0.2, 0) is 11.2 Å². The van der Waals surface area contributed by atoms with Gasteiger partial charge in [0.1, 0.15) is 35.4 Å². The molecule has 3 aromatic carbocycles. The average Bonchev–Trinajstić information content (AvgIpc) is 3.46. The molecule has 1 amide bonds. The Labute approximate surface area is 277 Å². The first kappa shape index (κ1) is 33.4. The summed E-state index contributed by atoms with van der Waals surface area (Å²) in [5, 5.41) is 0.670. The van der Waals surface area contributed by atoms with Crippen molar-refractivity contribution in [3.63, 3.8) is 0 Å². The molecule has 9 heteroatoms. The number of hydrogen-bond acceptors (Lipinski definition) is 6. The summed E-state index contributed by atoms with van der Waals surface area (Å²) in [5.41, 5.74) is 2.43. The van der Waals surface area contributed by atoms with E-state index in [2.05, 4.69) is 53.8 Å². The Kier molecular flexibility index (Phi) is 10.9. The van der Waals surface area contributed by atoms with Crippen molar-refractivity contribution >= 4 is 17.7 Å². The molecule has 1 aromatic heterocycles. The number of rotatable bonds is 11. The third kappa shape index (κ3) is 9.04. The third-order valence-electron chi connectivity index (χ3n) is 8.14. The molecule has 0 bridgehead atoms. The SMILES string of the molecule is CCN(CC)COc1ccc(-c2cn(-c3ccc(Oc4ccc(Cl)cc4)cc3)c(CC3CCN(C(=O)OC(C)(C)C)CC3)n2)cc1. The van der Waals surface area contributed by atoms with Gasteiger partial charge in [-0.15, -0.1) is 0 Å². The maximum Gasteiger partial charge on any atom is 0.410 e. The van der Waals surface area contributed by atoms with Gasteiger partial charge in [-0.2, -0.15) is 0 Å². The molecule has 8 nitrogen and oxygen atoms in total. The molecule has 0 N–H and O–H groups in total. The van der Waals surface area contributed by atoms with Crippen LogP contribution in [0.5, 0.6) is 17.2 Å². The summed E-state index contributed by atoms with van der Waals surface area (Å²) in [7, 11) is 0. The number of amides is 1. The van der Waals surface area contributed by atoms with Crippen molar-refractivity contribution in [1.29, 1.82) is 0 Å². The van der Waals surface area contributed by atoms with Gasteiger partial charge in [0.15, 0.2) is 0 Å². The van der Waals surface area contributed by atoms with Crippen LogP contribution in [-0.4, -0.2) is 64.0 Å². The number of aromatic nitrogens is 2. The van der Waals surface area contributed by atoms with E-state index < -0.39 is 5.60 Å². The monoisotopic (exact) mass is 644 g/mol. The molecular formula is C37H45ClN4O4. The van der Waals surface area contributed by atoms with Crippen LogP contribution in [0.1, 0.15) is 53.3 Å². The van der Waals surface area contributed by atoms with E-state index in [9.17, 15) is 4.79 Å². The lowest BCUT2D eigenvalue weighted by molar-refractivity contribution is 0.0183. The van der Waals surface area contributed by atoms with Gasteiger partial charge < -0.3 is 23.7 Å². The van der Waals surface area contributed by atoms with E-state index in [0.717, 1.165) is 72.4 Å². The molecule has 0 atom stereocenters. The molecule has 4 aromatic rings. The summed E-state index contributed by atoms with van der Waals surface area (Å²) >= 11 is 6.03. The molecule has 1 aliphatic rings. The molecule has 1 aliphatic heterocycles. The predicted octanol–water partition coefficient (Wildman–Crippen LogP) is 8.85.